The van der Waals surface area contributed by atoms with Crippen molar-refractivity contribution < 1.29 is 15.0 Å². The summed E-state index contributed by atoms with van der Waals surface area (Å²) in [4.78, 5) is 13.4. The maximum absolute atomic E-state index is 11.8. The van der Waals surface area contributed by atoms with Crippen LogP contribution in [0.15, 0.2) is 24.3 Å². The van der Waals surface area contributed by atoms with E-state index in [1.807, 2.05) is 6.07 Å². The van der Waals surface area contributed by atoms with E-state index >= 15 is 0 Å². The summed E-state index contributed by atoms with van der Waals surface area (Å²) < 4.78 is 0. The van der Waals surface area contributed by atoms with Gasteiger partial charge in [0.25, 0.3) is 0 Å². The molecule has 1 aromatic carbocycles. The first kappa shape index (κ1) is 15.1. The van der Waals surface area contributed by atoms with Crippen LogP contribution in [0.2, 0.25) is 0 Å². The van der Waals surface area contributed by atoms with Crippen LogP contribution in [0.3, 0.4) is 0 Å². The number of anilines is 1. The highest BCUT2D eigenvalue weighted by molar-refractivity contribution is 5.92. The number of benzene rings is 1. The third-order valence-corrected chi connectivity index (χ3v) is 2.48. The summed E-state index contributed by atoms with van der Waals surface area (Å²) in [5.41, 5.74) is 1.03. The van der Waals surface area contributed by atoms with Crippen molar-refractivity contribution in [1.29, 1.82) is 5.26 Å². The van der Waals surface area contributed by atoms with Crippen molar-refractivity contribution in [3.63, 3.8) is 0 Å². The second-order valence-electron chi connectivity index (χ2n) is 3.96. The molecular weight excluding hydrogens is 246 g/mol. The second-order valence-corrected chi connectivity index (χ2v) is 3.96. The van der Waals surface area contributed by atoms with Crippen LogP contribution in [0.25, 0.3) is 0 Å². The minimum absolute atomic E-state index is 0.0722. The molecule has 6 heteroatoms. The number of nitrogens with one attached hydrogen (secondary N) is 1. The van der Waals surface area contributed by atoms with Gasteiger partial charge in [-0.15, -0.1) is 0 Å². The number of nitriles is 1. The minimum atomic E-state index is -0.253. The number of hydrogen-bond donors (Lipinski definition) is 3. The third kappa shape index (κ3) is 5.48. The quantitative estimate of drug-likeness (QED) is 0.632. The summed E-state index contributed by atoms with van der Waals surface area (Å²) in [7, 11) is 0. The van der Waals surface area contributed by atoms with Gasteiger partial charge in [-0.1, -0.05) is 6.07 Å². The van der Waals surface area contributed by atoms with E-state index in [0.29, 0.717) is 24.3 Å². The standard InChI is InChI=1S/C13H17N3O3/c14-9-11-2-1-3-12(8-11)15-13(19)10-16(4-6-17)5-7-18/h1-3,8,17-18H,4-7,10H2,(H,15,19). The number of rotatable bonds is 7. The second kappa shape index (κ2) is 8.21. The molecule has 0 saturated heterocycles. The summed E-state index contributed by atoms with van der Waals surface area (Å²) in [6, 6.07) is 8.61. The van der Waals surface area contributed by atoms with Crippen molar-refractivity contribution in [1.82, 2.24) is 4.90 Å². The molecule has 0 aromatic heterocycles. The summed E-state index contributed by atoms with van der Waals surface area (Å²) in [5, 5.41) is 29.1. The first-order valence-corrected chi connectivity index (χ1v) is 5.93. The molecular formula is C13H17N3O3. The summed E-state index contributed by atoms with van der Waals surface area (Å²) >= 11 is 0. The Balaban J connectivity index is 2.56. The van der Waals surface area contributed by atoms with E-state index in [9.17, 15) is 4.79 Å². The number of carbonyl (C=O) groups excluding carboxylic acids is 1. The molecule has 19 heavy (non-hydrogen) atoms. The molecule has 3 N–H and O–H groups in total. The zero-order valence-corrected chi connectivity index (χ0v) is 10.5. The highest BCUT2D eigenvalue weighted by atomic mass is 16.3. The molecule has 0 aliphatic heterocycles. The van der Waals surface area contributed by atoms with Crippen molar-refractivity contribution in [3.05, 3.63) is 29.8 Å². The zero-order chi connectivity index (χ0) is 14.1. The van der Waals surface area contributed by atoms with Gasteiger partial charge < -0.3 is 15.5 Å². The molecule has 0 spiro atoms. The Morgan fingerprint density at radius 2 is 2.00 bits per heavy atom. The van der Waals surface area contributed by atoms with E-state index in [4.69, 9.17) is 15.5 Å². The van der Waals surface area contributed by atoms with Crippen LogP contribution in [0, 0.1) is 11.3 Å². The Labute approximate surface area is 111 Å². The van der Waals surface area contributed by atoms with Gasteiger partial charge >= 0.3 is 0 Å². The molecule has 0 aliphatic carbocycles. The molecule has 0 saturated carbocycles. The van der Waals surface area contributed by atoms with Crippen LogP contribution in [-0.4, -0.2) is 53.9 Å². The van der Waals surface area contributed by atoms with E-state index in [2.05, 4.69) is 5.32 Å². The molecule has 0 fully saturated rings. The van der Waals surface area contributed by atoms with Crippen LogP contribution < -0.4 is 5.32 Å². The van der Waals surface area contributed by atoms with Crippen molar-refractivity contribution in [3.8, 4) is 6.07 Å². The molecule has 0 radical (unpaired) electrons. The number of aliphatic hydroxyl groups is 2. The molecule has 0 aliphatic rings. The molecule has 1 rings (SSSR count). The maximum Gasteiger partial charge on any atom is 0.238 e. The fourth-order valence-electron chi connectivity index (χ4n) is 1.62. The number of hydrogen-bond acceptors (Lipinski definition) is 5. The minimum Gasteiger partial charge on any atom is -0.395 e. The van der Waals surface area contributed by atoms with Crippen molar-refractivity contribution >= 4 is 11.6 Å². The van der Waals surface area contributed by atoms with E-state index in [0.717, 1.165) is 0 Å². The van der Waals surface area contributed by atoms with E-state index in [1.165, 1.54) is 0 Å². The molecule has 0 atom stereocenters. The van der Waals surface area contributed by atoms with Crippen molar-refractivity contribution in [2.45, 2.75) is 0 Å². The normalized spacial score (nSPS) is 10.2. The van der Waals surface area contributed by atoms with Gasteiger partial charge in [-0.25, -0.2) is 0 Å². The number of nitrogens with zero attached hydrogens (tertiary/aromatic N) is 2. The van der Waals surface area contributed by atoms with Gasteiger partial charge in [0.05, 0.1) is 31.4 Å². The SMILES string of the molecule is N#Cc1cccc(NC(=O)CN(CCO)CCO)c1. The number of amides is 1. The predicted octanol–water partition coefficient (Wildman–Crippen LogP) is -0.217. The smallest absolute Gasteiger partial charge is 0.238 e. The lowest BCUT2D eigenvalue weighted by Crippen LogP contribution is -2.37. The first-order chi connectivity index (χ1) is 9.19. The summed E-state index contributed by atoms with van der Waals surface area (Å²) in [6.07, 6.45) is 0. The fraction of sp³-hybridized carbons (Fsp3) is 0.385. The Hall–Kier alpha value is -1.94. The maximum atomic E-state index is 11.8. The van der Waals surface area contributed by atoms with Gasteiger partial charge in [0.1, 0.15) is 0 Å². The number of carbonyl (C=O) groups is 1. The summed E-state index contributed by atoms with van der Waals surface area (Å²) in [6.45, 7) is 0.588. The van der Waals surface area contributed by atoms with Gasteiger partial charge in [0.2, 0.25) is 5.91 Å². The molecule has 102 valence electrons. The van der Waals surface area contributed by atoms with E-state index < -0.39 is 0 Å². The van der Waals surface area contributed by atoms with Gasteiger partial charge in [-0.3, -0.25) is 9.69 Å². The van der Waals surface area contributed by atoms with Gasteiger partial charge in [0.15, 0.2) is 0 Å². The van der Waals surface area contributed by atoms with Gasteiger partial charge in [-0.2, -0.15) is 5.26 Å². The van der Waals surface area contributed by atoms with Crippen LogP contribution in [0.4, 0.5) is 5.69 Å². The Kier molecular flexibility index (Phi) is 6.53. The average molecular weight is 263 g/mol. The number of aliphatic hydroxyl groups excluding tert-OH is 2. The Morgan fingerprint density at radius 1 is 1.32 bits per heavy atom. The molecule has 0 unspecified atom stereocenters. The van der Waals surface area contributed by atoms with Crippen molar-refractivity contribution in [2.75, 3.05) is 38.2 Å². The Bertz CT molecular complexity index is 451. The third-order valence-electron chi connectivity index (χ3n) is 2.48. The van der Waals surface area contributed by atoms with Gasteiger partial charge in [0, 0.05) is 18.8 Å². The predicted molar refractivity (Wildman–Crippen MR) is 70.4 cm³/mol. The van der Waals surface area contributed by atoms with Crippen LogP contribution in [-0.2, 0) is 4.79 Å². The molecule has 1 aromatic rings. The van der Waals surface area contributed by atoms with Crippen molar-refractivity contribution in [2.24, 2.45) is 0 Å². The monoisotopic (exact) mass is 263 g/mol. The van der Waals surface area contributed by atoms with Crippen LogP contribution in [0.1, 0.15) is 5.56 Å². The molecule has 0 bridgehead atoms. The zero-order valence-electron chi connectivity index (χ0n) is 10.5. The lowest BCUT2D eigenvalue weighted by Gasteiger charge is -2.19. The lowest BCUT2D eigenvalue weighted by molar-refractivity contribution is -0.117. The highest BCUT2D eigenvalue weighted by Crippen LogP contribution is 2.09. The van der Waals surface area contributed by atoms with Crippen LogP contribution >= 0.6 is 0 Å². The van der Waals surface area contributed by atoms with Crippen LogP contribution in [0.5, 0.6) is 0 Å². The Morgan fingerprint density at radius 3 is 2.58 bits per heavy atom. The molecule has 0 heterocycles. The van der Waals surface area contributed by atoms with E-state index in [1.54, 1.807) is 29.2 Å². The highest BCUT2D eigenvalue weighted by Gasteiger charge is 2.10. The average Bonchev–Trinajstić information content (AvgIpc) is 2.39. The summed E-state index contributed by atoms with van der Waals surface area (Å²) in [5.74, 6) is -0.253. The molecule has 6 nitrogen and oxygen atoms in total. The van der Waals surface area contributed by atoms with Gasteiger partial charge in [-0.05, 0) is 18.2 Å². The fourth-order valence-corrected chi connectivity index (χ4v) is 1.62. The van der Waals surface area contributed by atoms with E-state index in [-0.39, 0.29) is 25.7 Å². The topological polar surface area (TPSA) is 96.6 Å². The molecule has 1 amide bonds. The largest absolute Gasteiger partial charge is 0.395 e. The first-order valence-electron chi connectivity index (χ1n) is 5.93. The lowest BCUT2D eigenvalue weighted by atomic mass is 10.2.